The molecule has 36 heavy (non-hydrogen) atoms. The van der Waals surface area contributed by atoms with E-state index in [-0.39, 0.29) is 0 Å². The number of aromatic nitrogens is 1. The van der Waals surface area contributed by atoms with Gasteiger partial charge in [0, 0.05) is 60.4 Å². The van der Waals surface area contributed by atoms with Crippen LogP contribution in [0.3, 0.4) is 0 Å². The Morgan fingerprint density at radius 1 is 1.11 bits per heavy atom. The van der Waals surface area contributed by atoms with Crippen LogP contribution in [-0.2, 0) is 6.54 Å². The Morgan fingerprint density at radius 2 is 1.97 bits per heavy atom. The Kier molecular flexibility index (Phi) is 6.27. The minimum absolute atomic E-state index is 0.493. The number of pyridine rings is 1. The fourth-order valence-corrected chi connectivity index (χ4v) is 6.01. The number of anilines is 4. The van der Waals surface area contributed by atoms with Crippen LogP contribution >= 0.6 is 22.9 Å². The number of benzene rings is 2. The van der Waals surface area contributed by atoms with Crippen LogP contribution in [0.4, 0.5) is 22.9 Å². The Bertz CT molecular complexity index is 1460. The van der Waals surface area contributed by atoms with Crippen LogP contribution < -0.4 is 21.3 Å². The van der Waals surface area contributed by atoms with E-state index in [0.717, 1.165) is 81.8 Å². The number of aryl methyl sites for hydroxylation is 1. The lowest BCUT2D eigenvalue weighted by Gasteiger charge is -2.29. The number of halogens is 1. The van der Waals surface area contributed by atoms with E-state index >= 15 is 0 Å². The number of hydrogen-bond acceptors (Lipinski definition) is 8. The molecule has 184 valence electrons. The maximum Gasteiger partial charge on any atom is 0.139 e. The van der Waals surface area contributed by atoms with Crippen LogP contribution in [0.1, 0.15) is 16.0 Å². The largest absolute Gasteiger partial charge is 0.383 e. The third kappa shape index (κ3) is 4.30. The zero-order valence-electron chi connectivity index (χ0n) is 20.1. The van der Waals surface area contributed by atoms with Crippen molar-refractivity contribution in [2.24, 2.45) is 10.7 Å². The summed E-state index contributed by atoms with van der Waals surface area (Å²) in [5.74, 6) is 1.42. The maximum absolute atomic E-state index is 6.57. The van der Waals surface area contributed by atoms with Gasteiger partial charge in [-0.15, -0.1) is 11.3 Å². The van der Waals surface area contributed by atoms with Crippen LogP contribution in [0.25, 0.3) is 10.8 Å². The minimum Gasteiger partial charge on any atom is -0.383 e. The van der Waals surface area contributed by atoms with E-state index in [1.165, 1.54) is 5.56 Å². The summed E-state index contributed by atoms with van der Waals surface area (Å²) in [4.78, 5) is 15.0. The lowest BCUT2D eigenvalue weighted by Crippen LogP contribution is -2.42. The molecule has 1 saturated heterocycles. The molecule has 9 heteroatoms. The van der Waals surface area contributed by atoms with Gasteiger partial charge in [-0.25, -0.2) is 9.98 Å². The van der Waals surface area contributed by atoms with E-state index < -0.39 is 0 Å². The highest BCUT2D eigenvalue weighted by atomic mass is 35.5. The van der Waals surface area contributed by atoms with Gasteiger partial charge in [0.25, 0.3) is 0 Å². The van der Waals surface area contributed by atoms with Gasteiger partial charge in [-0.2, -0.15) is 0 Å². The maximum atomic E-state index is 6.57. The van der Waals surface area contributed by atoms with Crippen LogP contribution in [0, 0.1) is 6.92 Å². The summed E-state index contributed by atoms with van der Waals surface area (Å²) in [7, 11) is 0. The molecule has 4 N–H and O–H groups in total. The first kappa shape index (κ1) is 23.2. The third-order valence-electron chi connectivity index (χ3n) is 6.85. The van der Waals surface area contributed by atoms with E-state index in [9.17, 15) is 0 Å². The lowest BCUT2D eigenvalue weighted by atomic mass is 10.0. The number of fused-ring (bicyclic) bond motifs is 2. The molecular weight excluding hydrogens is 490 g/mol. The van der Waals surface area contributed by atoms with E-state index in [1.54, 1.807) is 11.3 Å². The second-order valence-electron chi connectivity index (χ2n) is 9.19. The van der Waals surface area contributed by atoms with E-state index in [4.69, 9.17) is 22.3 Å². The quantitative estimate of drug-likeness (QED) is 0.336. The first-order chi connectivity index (χ1) is 17.6. The minimum atomic E-state index is 0.493. The summed E-state index contributed by atoms with van der Waals surface area (Å²) in [5, 5.41) is 12.0. The number of rotatable bonds is 5. The number of amidine groups is 1. The summed E-state index contributed by atoms with van der Waals surface area (Å²) in [6.45, 7) is 7.55. The first-order valence-electron chi connectivity index (χ1n) is 12.1. The van der Waals surface area contributed by atoms with Crippen molar-refractivity contribution >= 4 is 62.4 Å². The van der Waals surface area contributed by atoms with Gasteiger partial charge in [-0.3, -0.25) is 4.90 Å². The number of aliphatic imine (C=N–C) groups is 1. The molecule has 2 aliphatic rings. The Hall–Kier alpha value is -3.17. The molecule has 0 aliphatic carbocycles. The molecule has 6 rings (SSSR count). The van der Waals surface area contributed by atoms with E-state index in [0.29, 0.717) is 12.5 Å². The molecule has 1 fully saturated rings. The normalized spacial score (nSPS) is 16.2. The van der Waals surface area contributed by atoms with Gasteiger partial charge in [0.05, 0.1) is 16.3 Å². The van der Waals surface area contributed by atoms with Gasteiger partial charge >= 0.3 is 0 Å². The second kappa shape index (κ2) is 9.71. The predicted octanol–water partition coefficient (Wildman–Crippen LogP) is 5.22. The van der Waals surface area contributed by atoms with Crippen LogP contribution in [0.2, 0.25) is 5.02 Å². The highest BCUT2D eigenvalue weighted by Crippen LogP contribution is 2.41. The molecule has 0 unspecified atom stereocenters. The molecule has 2 aliphatic heterocycles. The van der Waals surface area contributed by atoms with Gasteiger partial charge in [-0.1, -0.05) is 23.7 Å². The molecular formula is C27H28ClN7S. The average Bonchev–Trinajstić information content (AvgIpc) is 3.39. The Labute approximate surface area is 219 Å². The molecule has 0 bridgehead atoms. The Morgan fingerprint density at radius 3 is 2.83 bits per heavy atom. The first-order valence-corrected chi connectivity index (χ1v) is 13.4. The fourth-order valence-electron chi connectivity index (χ4n) is 5.02. The smallest absolute Gasteiger partial charge is 0.139 e. The summed E-state index contributed by atoms with van der Waals surface area (Å²) >= 11 is 8.19. The van der Waals surface area contributed by atoms with E-state index in [1.807, 2.05) is 18.3 Å². The molecule has 4 aromatic rings. The molecule has 2 aromatic carbocycles. The second-order valence-corrected chi connectivity index (χ2v) is 10.5. The summed E-state index contributed by atoms with van der Waals surface area (Å²) in [5.41, 5.74) is 11.7. The van der Waals surface area contributed by atoms with Crippen molar-refractivity contribution in [1.29, 1.82) is 0 Å². The summed E-state index contributed by atoms with van der Waals surface area (Å²) in [6, 6.07) is 14.6. The average molecular weight is 518 g/mol. The standard InChI is InChI=1S/C27H28ClN7S/c1-17-2-4-21-20(24(17)35-16-32-26(29)25-23(35)7-13-36-25)6-8-31-27(21)33-19-3-5-22(28)18(14-19)15-34-11-9-30-10-12-34/h2-8,13-14,30H,9-12,15-16H2,1H3,(H2,29,32)(H,31,33). The van der Waals surface area contributed by atoms with Crippen molar-refractivity contribution in [2.45, 2.75) is 13.5 Å². The van der Waals surface area contributed by atoms with Crippen molar-refractivity contribution in [3.8, 4) is 0 Å². The van der Waals surface area contributed by atoms with Gasteiger partial charge in [-0.05, 0) is 53.8 Å². The molecule has 2 aromatic heterocycles. The number of nitrogens with one attached hydrogen (secondary N) is 2. The van der Waals surface area contributed by atoms with Gasteiger partial charge < -0.3 is 21.3 Å². The predicted molar refractivity (Wildman–Crippen MR) is 151 cm³/mol. The molecule has 0 atom stereocenters. The molecule has 0 spiro atoms. The molecule has 4 heterocycles. The zero-order valence-corrected chi connectivity index (χ0v) is 21.7. The number of nitrogens with two attached hydrogens (primary N) is 1. The monoisotopic (exact) mass is 517 g/mol. The van der Waals surface area contributed by atoms with Crippen LogP contribution in [0.5, 0.6) is 0 Å². The summed E-state index contributed by atoms with van der Waals surface area (Å²) < 4.78 is 0. The van der Waals surface area contributed by atoms with Crippen molar-refractivity contribution in [1.82, 2.24) is 15.2 Å². The third-order valence-corrected chi connectivity index (χ3v) is 8.15. The summed E-state index contributed by atoms with van der Waals surface area (Å²) in [6.07, 6.45) is 1.86. The van der Waals surface area contributed by atoms with Gasteiger partial charge in [0.15, 0.2) is 0 Å². The van der Waals surface area contributed by atoms with Gasteiger partial charge in [0.1, 0.15) is 18.3 Å². The van der Waals surface area contributed by atoms with Crippen LogP contribution in [-0.4, -0.2) is 48.6 Å². The van der Waals surface area contributed by atoms with Crippen molar-refractivity contribution in [2.75, 3.05) is 43.1 Å². The fraction of sp³-hybridized carbons (Fsp3) is 0.259. The van der Waals surface area contributed by atoms with Crippen LogP contribution in [0.15, 0.2) is 59.0 Å². The lowest BCUT2D eigenvalue weighted by molar-refractivity contribution is 0.233. The topological polar surface area (TPSA) is 81.8 Å². The van der Waals surface area contributed by atoms with E-state index in [2.05, 4.69) is 68.1 Å². The molecule has 0 radical (unpaired) electrons. The molecule has 0 amide bonds. The number of thiophene rings is 1. The van der Waals surface area contributed by atoms with Crippen molar-refractivity contribution < 1.29 is 0 Å². The van der Waals surface area contributed by atoms with Crippen molar-refractivity contribution in [3.05, 3.63) is 75.1 Å². The number of piperazine rings is 1. The molecule has 7 nitrogen and oxygen atoms in total. The molecule has 0 saturated carbocycles. The number of hydrogen-bond donors (Lipinski definition) is 3. The number of nitrogens with zero attached hydrogens (tertiary/aromatic N) is 4. The van der Waals surface area contributed by atoms with Gasteiger partial charge in [0.2, 0.25) is 0 Å². The zero-order chi connectivity index (χ0) is 24.6. The Balaban J connectivity index is 1.35. The van der Waals surface area contributed by atoms with Crippen molar-refractivity contribution in [3.63, 3.8) is 0 Å². The highest BCUT2D eigenvalue weighted by molar-refractivity contribution is 7.12. The SMILES string of the molecule is Cc1ccc2c(Nc3ccc(Cl)c(CN4CCNCC4)c3)nccc2c1N1CN=C(N)c2sccc21. The highest BCUT2D eigenvalue weighted by Gasteiger charge is 2.24.